The molecule has 0 bridgehead atoms. The van der Waals surface area contributed by atoms with E-state index in [0.717, 1.165) is 29.5 Å². The zero-order valence-corrected chi connectivity index (χ0v) is 18.6. The summed E-state index contributed by atoms with van der Waals surface area (Å²) in [6, 6.07) is 13.9. The number of nitrogens with zero attached hydrogens (tertiary/aromatic N) is 2. The molecule has 6 heteroatoms. The molecular formula is C21H31IN4O. The van der Waals surface area contributed by atoms with Gasteiger partial charge in [-0.05, 0) is 36.2 Å². The molecular weight excluding hydrogens is 451 g/mol. The largest absolute Gasteiger partial charge is 0.487 e. The summed E-state index contributed by atoms with van der Waals surface area (Å²) in [5.41, 5.74) is 2.07. The Bertz CT molecular complexity index is 664. The van der Waals surface area contributed by atoms with E-state index in [9.17, 15) is 0 Å². The summed E-state index contributed by atoms with van der Waals surface area (Å²) in [7, 11) is 1.80. The summed E-state index contributed by atoms with van der Waals surface area (Å²) in [5.74, 6) is 1.68. The van der Waals surface area contributed by atoms with Crippen LogP contribution in [0, 0.1) is 0 Å². The van der Waals surface area contributed by atoms with Gasteiger partial charge in [-0.2, -0.15) is 0 Å². The van der Waals surface area contributed by atoms with Crippen molar-refractivity contribution in [1.29, 1.82) is 0 Å². The van der Waals surface area contributed by atoms with Crippen LogP contribution in [-0.2, 0) is 13.2 Å². The molecule has 1 heterocycles. The summed E-state index contributed by atoms with van der Waals surface area (Å²) in [6.07, 6.45) is 6.76. The summed E-state index contributed by atoms with van der Waals surface area (Å²) in [5, 5.41) is 6.71. The van der Waals surface area contributed by atoms with Gasteiger partial charge in [0.05, 0.1) is 5.69 Å². The van der Waals surface area contributed by atoms with Gasteiger partial charge >= 0.3 is 0 Å². The van der Waals surface area contributed by atoms with E-state index in [4.69, 9.17) is 4.74 Å². The van der Waals surface area contributed by atoms with Crippen molar-refractivity contribution in [2.24, 2.45) is 4.99 Å². The Morgan fingerprint density at radius 1 is 1.07 bits per heavy atom. The fourth-order valence-corrected chi connectivity index (χ4v) is 2.55. The fourth-order valence-electron chi connectivity index (χ4n) is 2.55. The van der Waals surface area contributed by atoms with Gasteiger partial charge in [-0.15, -0.1) is 24.0 Å². The highest BCUT2D eigenvalue weighted by Crippen LogP contribution is 2.14. The molecule has 148 valence electrons. The average molecular weight is 482 g/mol. The number of aromatic nitrogens is 1. The number of ether oxygens (including phenoxy) is 1. The van der Waals surface area contributed by atoms with Crippen LogP contribution < -0.4 is 15.4 Å². The zero-order valence-electron chi connectivity index (χ0n) is 16.3. The lowest BCUT2D eigenvalue weighted by atomic mass is 10.2. The van der Waals surface area contributed by atoms with Crippen LogP contribution in [0.2, 0.25) is 0 Å². The van der Waals surface area contributed by atoms with Crippen molar-refractivity contribution in [1.82, 2.24) is 15.6 Å². The molecule has 2 rings (SSSR count). The molecule has 1 aromatic carbocycles. The number of pyridine rings is 1. The predicted octanol–water partition coefficient (Wildman–Crippen LogP) is 4.52. The molecule has 0 amide bonds. The lowest BCUT2D eigenvalue weighted by Crippen LogP contribution is -2.37. The normalized spacial score (nSPS) is 10.8. The minimum Gasteiger partial charge on any atom is -0.487 e. The Morgan fingerprint density at radius 2 is 1.96 bits per heavy atom. The number of rotatable bonds is 10. The molecule has 27 heavy (non-hydrogen) atoms. The monoisotopic (exact) mass is 482 g/mol. The number of aliphatic imine (C=N–C) groups is 1. The third-order valence-electron chi connectivity index (χ3n) is 4.02. The smallest absolute Gasteiger partial charge is 0.191 e. The summed E-state index contributed by atoms with van der Waals surface area (Å²) in [4.78, 5) is 8.55. The Morgan fingerprint density at radius 3 is 2.70 bits per heavy atom. The van der Waals surface area contributed by atoms with Crippen molar-refractivity contribution in [3.63, 3.8) is 0 Å². The molecule has 0 saturated heterocycles. The molecule has 1 aromatic heterocycles. The van der Waals surface area contributed by atoms with E-state index in [2.05, 4.69) is 33.6 Å². The van der Waals surface area contributed by atoms with Crippen LogP contribution in [0.3, 0.4) is 0 Å². The maximum absolute atomic E-state index is 5.83. The molecule has 0 aliphatic rings. The molecule has 0 aliphatic carbocycles. The van der Waals surface area contributed by atoms with Crippen molar-refractivity contribution in [3.05, 3.63) is 59.9 Å². The van der Waals surface area contributed by atoms with Crippen molar-refractivity contribution >= 4 is 29.9 Å². The molecule has 0 aliphatic heterocycles. The van der Waals surface area contributed by atoms with Crippen LogP contribution in [0.4, 0.5) is 0 Å². The second-order valence-corrected chi connectivity index (χ2v) is 6.17. The molecule has 2 N–H and O–H groups in total. The summed E-state index contributed by atoms with van der Waals surface area (Å²) >= 11 is 0. The molecule has 2 aromatic rings. The molecule has 5 nitrogen and oxygen atoms in total. The summed E-state index contributed by atoms with van der Waals surface area (Å²) < 4.78 is 5.83. The van der Waals surface area contributed by atoms with E-state index in [1.807, 2.05) is 36.4 Å². The number of guanidine groups is 1. The first-order chi connectivity index (χ1) is 12.8. The maximum Gasteiger partial charge on any atom is 0.191 e. The van der Waals surface area contributed by atoms with Gasteiger partial charge in [0.1, 0.15) is 12.4 Å². The quantitative estimate of drug-likeness (QED) is 0.226. The molecule has 0 spiro atoms. The SMILES string of the molecule is CCCCCCNC(=NC)NCc1cccc(OCc2ccccn2)c1.I. The second kappa shape index (κ2) is 14.3. The van der Waals surface area contributed by atoms with E-state index in [1.165, 1.54) is 25.7 Å². The van der Waals surface area contributed by atoms with Gasteiger partial charge < -0.3 is 15.4 Å². The molecule has 0 saturated carbocycles. The van der Waals surface area contributed by atoms with Gasteiger partial charge in [-0.25, -0.2) is 0 Å². The van der Waals surface area contributed by atoms with Crippen LogP contribution in [0.5, 0.6) is 5.75 Å². The van der Waals surface area contributed by atoms with Crippen molar-refractivity contribution in [2.75, 3.05) is 13.6 Å². The highest BCUT2D eigenvalue weighted by atomic mass is 127. The third-order valence-corrected chi connectivity index (χ3v) is 4.02. The van der Waals surface area contributed by atoms with E-state index >= 15 is 0 Å². The van der Waals surface area contributed by atoms with Gasteiger partial charge in [0, 0.05) is 26.3 Å². The van der Waals surface area contributed by atoms with Gasteiger partial charge in [0.25, 0.3) is 0 Å². The Kier molecular flexibility index (Phi) is 12.3. The van der Waals surface area contributed by atoms with Gasteiger partial charge in [0.15, 0.2) is 5.96 Å². The zero-order chi connectivity index (χ0) is 18.5. The topological polar surface area (TPSA) is 58.5 Å². The van der Waals surface area contributed by atoms with Crippen LogP contribution in [-0.4, -0.2) is 24.5 Å². The second-order valence-electron chi connectivity index (χ2n) is 6.17. The highest BCUT2D eigenvalue weighted by Gasteiger charge is 2.01. The van der Waals surface area contributed by atoms with E-state index < -0.39 is 0 Å². The lowest BCUT2D eigenvalue weighted by molar-refractivity contribution is 0.301. The molecule has 0 atom stereocenters. The first-order valence-corrected chi connectivity index (χ1v) is 9.38. The Hall–Kier alpha value is -1.83. The average Bonchev–Trinajstić information content (AvgIpc) is 2.69. The fraction of sp³-hybridized carbons (Fsp3) is 0.429. The van der Waals surface area contributed by atoms with Crippen molar-refractivity contribution in [3.8, 4) is 5.75 Å². The first-order valence-electron chi connectivity index (χ1n) is 9.38. The van der Waals surface area contributed by atoms with Crippen LogP contribution >= 0.6 is 24.0 Å². The van der Waals surface area contributed by atoms with Crippen molar-refractivity contribution < 1.29 is 4.74 Å². The molecule has 0 unspecified atom stereocenters. The number of hydrogen-bond acceptors (Lipinski definition) is 3. The molecule has 0 radical (unpaired) electrons. The van der Waals surface area contributed by atoms with E-state index in [-0.39, 0.29) is 24.0 Å². The minimum atomic E-state index is 0. The number of hydrogen-bond donors (Lipinski definition) is 2. The van der Waals surface area contributed by atoms with Gasteiger partial charge in [-0.3, -0.25) is 9.98 Å². The summed E-state index contributed by atoms with van der Waals surface area (Å²) in [6.45, 7) is 4.35. The Labute approximate surface area is 180 Å². The van der Waals surface area contributed by atoms with Crippen LogP contribution in [0.15, 0.2) is 53.7 Å². The number of nitrogens with one attached hydrogen (secondary N) is 2. The molecule has 0 fully saturated rings. The highest BCUT2D eigenvalue weighted by molar-refractivity contribution is 14.0. The lowest BCUT2D eigenvalue weighted by Gasteiger charge is -2.13. The minimum absolute atomic E-state index is 0. The van der Waals surface area contributed by atoms with Gasteiger partial charge in [0.2, 0.25) is 0 Å². The van der Waals surface area contributed by atoms with Crippen LogP contribution in [0.25, 0.3) is 0 Å². The van der Waals surface area contributed by atoms with E-state index in [1.54, 1.807) is 13.2 Å². The predicted molar refractivity (Wildman–Crippen MR) is 123 cm³/mol. The van der Waals surface area contributed by atoms with Crippen molar-refractivity contribution in [2.45, 2.75) is 45.8 Å². The van der Waals surface area contributed by atoms with Crippen LogP contribution in [0.1, 0.15) is 43.9 Å². The first kappa shape index (κ1) is 23.2. The van der Waals surface area contributed by atoms with E-state index in [0.29, 0.717) is 13.2 Å². The standard InChI is InChI=1S/C21H30N4O.HI/c1-3-4-5-7-14-24-21(22-2)25-16-18-10-9-12-20(15-18)26-17-19-11-6-8-13-23-19;/h6,8-13,15H,3-5,7,14,16-17H2,1-2H3,(H2,22,24,25);1H. The Balaban J connectivity index is 0.00000364. The maximum atomic E-state index is 5.83. The number of halogens is 1. The number of benzene rings is 1. The third kappa shape index (κ3) is 9.60. The van der Waals surface area contributed by atoms with Gasteiger partial charge in [-0.1, -0.05) is 44.4 Å². The number of unbranched alkanes of at least 4 members (excludes halogenated alkanes) is 3.